The normalized spacial score (nSPS) is 12.8. The van der Waals surface area contributed by atoms with E-state index in [0.717, 1.165) is 12.8 Å². The van der Waals surface area contributed by atoms with Gasteiger partial charge in [-0.05, 0) is 19.3 Å². The third-order valence-electron chi connectivity index (χ3n) is 1.64. The van der Waals surface area contributed by atoms with Crippen LogP contribution in [0.3, 0.4) is 0 Å². The maximum Gasteiger partial charge on any atom is 0.153 e. The van der Waals surface area contributed by atoms with Gasteiger partial charge in [-0.25, -0.2) is 4.98 Å². The van der Waals surface area contributed by atoms with Gasteiger partial charge in [0.15, 0.2) is 5.82 Å². The molecule has 0 saturated heterocycles. The topological polar surface area (TPSA) is 61.8 Å². The lowest BCUT2D eigenvalue weighted by molar-refractivity contribution is 0.155. The van der Waals surface area contributed by atoms with Crippen LogP contribution < -0.4 is 0 Å². The average molecular weight is 167 g/mol. The molecule has 0 aliphatic carbocycles. The van der Waals surface area contributed by atoms with E-state index in [4.69, 9.17) is 0 Å². The highest BCUT2D eigenvalue weighted by Crippen LogP contribution is 2.13. The van der Waals surface area contributed by atoms with Gasteiger partial charge >= 0.3 is 0 Å². The molecule has 0 fully saturated rings. The van der Waals surface area contributed by atoms with Gasteiger partial charge in [0.2, 0.25) is 0 Å². The highest BCUT2D eigenvalue weighted by atomic mass is 16.3. The predicted molar refractivity (Wildman–Crippen MR) is 45.4 cm³/mol. The summed E-state index contributed by atoms with van der Waals surface area (Å²) in [6.45, 7) is 3.60. The molecule has 1 atom stereocenters. The van der Waals surface area contributed by atoms with E-state index >= 15 is 0 Å². The van der Waals surface area contributed by atoms with Crippen LogP contribution >= 0.6 is 0 Å². The minimum absolute atomic E-state index is 0.521. The summed E-state index contributed by atoms with van der Waals surface area (Å²) in [6.07, 6.45) is 5.25. The monoisotopic (exact) mass is 167 g/mol. The number of rotatable bonds is 5. The second-order valence-electron chi connectivity index (χ2n) is 2.61. The van der Waals surface area contributed by atoms with Crippen molar-refractivity contribution >= 4 is 0 Å². The van der Waals surface area contributed by atoms with Gasteiger partial charge in [0.05, 0.1) is 0 Å². The van der Waals surface area contributed by atoms with Crippen LogP contribution in [0.5, 0.6) is 0 Å². The zero-order valence-corrected chi connectivity index (χ0v) is 6.90. The minimum Gasteiger partial charge on any atom is -0.385 e. The largest absolute Gasteiger partial charge is 0.385 e. The van der Waals surface area contributed by atoms with Gasteiger partial charge in [-0.3, -0.25) is 5.10 Å². The number of hydrogen-bond donors (Lipinski definition) is 2. The zero-order valence-electron chi connectivity index (χ0n) is 6.90. The van der Waals surface area contributed by atoms with Crippen LogP contribution in [-0.4, -0.2) is 20.3 Å². The number of aliphatic hydroxyl groups excluding tert-OH is 1. The summed E-state index contributed by atoms with van der Waals surface area (Å²) >= 11 is 0. The molecule has 66 valence electrons. The first-order valence-corrected chi connectivity index (χ1v) is 3.99. The molecule has 0 aliphatic heterocycles. The Hall–Kier alpha value is -1.16. The first kappa shape index (κ1) is 8.93. The van der Waals surface area contributed by atoms with Crippen LogP contribution in [-0.2, 0) is 0 Å². The number of H-pyrrole nitrogens is 1. The molecule has 0 aliphatic rings. The Morgan fingerprint density at radius 1 is 1.75 bits per heavy atom. The maximum atomic E-state index is 9.47. The summed E-state index contributed by atoms with van der Waals surface area (Å²) in [5, 5.41) is 15.8. The Morgan fingerprint density at radius 3 is 3.17 bits per heavy atom. The second-order valence-corrected chi connectivity index (χ2v) is 2.61. The standard InChI is InChI=1S/C8H13N3O/c1-2-3-4-5-7(12)8-9-6-10-11-8/h2,6-7,12H,1,3-5H2,(H,9,10,11). The van der Waals surface area contributed by atoms with E-state index < -0.39 is 6.10 Å². The van der Waals surface area contributed by atoms with E-state index in [-0.39, 0.29) is 0 Å². The summed E-state index contributed by atoms with van der Waals surface area (Å²) in [5.74, 6) is 0.541. The summed E-state index contributed by atoms with van der Waals surface area (Å²) in [4.78, 5) is 3.85. The molecule has 4 heteroatoms. The quantitative estimate of drug-likeness (QED) is 0.511. The van der Waals surface area contributed by atoms with E-state index in [9.17, 15) is 5.11 Å². The van der Waals surface area contributed by atoms with Gasteiger partial charge in [-0.15, -0.1) is 6.58 Å². The van der Waals surface area contributed by atoms with Gasteiger partial charge < -0.3 is 5.11 Å². The number of allylic oxidation sites excluding steroid dienone is 1. The Bertz CT molecular complexity index is 220. The van der Waals surface area contributed by atoms with Crippen LogP contribution in [0.25, 0.3) is 0 Å². The number of nitrogens with one attached hydrogen (secondary N) is 1. The summed E-state index contributed by atoms with van der Waals surface area (Å²) < 4.78 is 0. The van der Waals surface area contributed by atoms with Crippen LogP contribution in [0.15, 0.2) is 19.0 Å². The molecule has 0 saturated carbocycles. The Balaban J connectivity index is 2.29. The van der Waals surface area contributed by atoms with Crippen molar-refractivity contribution in [3.8, 4) is 0 Å². The number of aromatic amines is 1. The summed E-state index contributed by atoms with van der Waals surface area (Å²) in [5.41, 5.74) is 0. The fourth-order valence-electron chi connectivity index (χ4n) is 0.968. The van der Waals surface area contributed by atoms with E-state index in [0.29, 0.717) is 12.2 Å². The number of nitrogens with zero attached hydrogens (tertiary/aromatic N) is 2. The van der Waals surface area contributed by atoms with Gasteiger partial charge in [0.1, 0.15) is 12.4 Å². The molecule has 4 nitrogen and oxygen atoms in total. The van der Waals surface area contributed by atoms with Gasteiger partial charge in [-0.2, -0.15) is 5.10 Å². The third kappa shape index (κ3) is 2.47. The number of aliphatic hydroxyl groups is 1. The maximum absolute atomic E-state index is 9.47. The minimum atomic E-state index is -0.521. The molecule has 1 aromatic heterocycles. The van der Waals surface area contributed by atoms with Crippen molar-refractivity contribution in [1.82, 2.24) is 15.2 Å². The lowest BCUT2D eigenvalue weighted by atomic mass is 10.1. The van der Waals surface area contributed by atoms with Crippen molar-refractivity contribution in [3.63, 3.8) is 0 Å². The van der Waals surface area contributed by atoms with E-state index in [1.807, 2.05) is 6.08 Å². The molecule has 0 bridgehead atoms. The molecule has 0 radical (unpaired) electrons. The molecule has 2 N–H and O–H groups in total. The molecule has 0 amide bonds. The lowest BCUT2D eigenvalue weighted by Crippen LogP contribution is -1.99. The van der Waals surface area contributed by atoms with Crippen molar-refractivity contribution in [2.75, 3.05) is 0 Å². The zero-order chi connectivity index (χ0) is 8.81. The number of hydrogen-bond acceptors (Lipinski definition) is 3. The number of unbranched alkanes of at least 4 members (excludes halogenated alkanes) is 1. The second kappa shape index (κ2) is 4.66. The fourth-order valence-corrected chi connectivity index (χ4v) is 0.968. The molecule has 0 aromatic carbocycles. The average Bonchev–Trinajstić information content (AvgIpc) is 2.56. The van der Waals surface area contributed by atoms with Crippen LogP contribution in [0.2, 0.25) is 0 Å². The van der Waals surface area contributed by atoms with Crippen LogP contribution in [0.1, 0.15) is 31.2 Å². The first-order valence-electron chi connectivity index (χ1n) is 3.99. The molecular formula is C8H13N3O. The first-order chi connectivity index (χ1) is 5.84. The smallest absolute Gasteiger partial charge is 0.153 e. The Morgan fingerprint density at radius 2 is 2.58 bits per heavy atom. The molecule has 0 spiro atoms. The molecule has 1 unspecified atom stereocenters. The van der Waals surface area contributed by atoms with Gasteiger partial charge in [-0.1, -0.05) is 6.08 Å². The lowest BCUT2D eigenvalue weighted by Gasteiger charge is -2.04. The van der Waals surface area contributed by atoms with Crippen LogP contribution in [0.4, 0.5) is 0 Å². The molecule has 12 heavy (non-hydrogen) atoms. The summed E-state index contributed by atoms with van der Waals surface area (Å²) in [6, 6.07) is 0. The van der Waals surface area contributed by atoms with Crippen molar-refractivity contribution in [1.29, 1.82) is 0 Å². The Labute approximate surface area is 71.3 Å². The van der Waals surface area contributed by atoms with E-state index in [1.165, 1.54) is 6.33 Å². The number of aromatic nitrogens is 3. The van der Waals surface area contributed by atoms with Crippen molar-refractivity contribution < 1.29 is 5.11 Å². The van der Waals surface area contributed by atoms with Crippen molar-refractivity contribution in [3.05, 3.63) is 24.8 Å². The van der Waals surface area contributed by atoms with Crippen molar-refractivity contribution in [2.45, 2.75) is 25.4 Å². The van der Waals surface area contributed by atoms with Gasteiger partial charge in [0, 0.05) is 0 Å². The Kier molecular flexibility index (Phi) is 3.47. The van der Waals surface area contributed by atoms with E-state index in [2.05, 4.69) is 21.8 Å². The predicted octanol–water partition coefficient (Wildman–Crippen LogP) is 1.19. The highest BCUT2D eigenvalue weighted by molar-refractivity contribution is 4.86. The van der Waals surface area contributed by atoms with Crippen LogP contribution in [0, 0.1) is 0 Å². The van der Waals surface area contributed by atoms with Crippen molar-refractivity contribution in [2.24, 2.45) is 0 Å². The van der Waals surface area contributed by atoms with E-state index in [1.54, 1.807) is 0 Å². The third-order valence-corrected chi connectivity index (χ3v) is 1.64. The summed E-state index contributed by atoms with van der Waals surface area (Å²) in [7, 11) is 0. The molecule has 1 aromatic rings. The molecule has 1 rings (SSSR count). The highest BCUT2D eigenvalue weighted by Gasteiger charge is 2.08. The molecular weight excluding hydrogens is 154 g/mol. The SMILES string of the molecule is C=CCCCC(O)c1ncn[nH]1. The molecule has 1 heterocycles. The fraction of sp³-hybridized carbons (Fsp3) is 0.500. The van der Waals surface area contributed by atoms with Gasteiger partial charge in [0.25, 0.3) is 0 Å².